The zero-order valence-corrected chi connectivity index (χ0v) is 28.4. The number of ether oxygens (including phenoxy) is 1. The van der Waals surface area contributed by atoms with Crippen LogP contribution in [0.1, 0.15) is 53.6 Å². The van der Waals surface area contributed by atoms with Crippen molar-refractivity contribution in [2.24, 2.45) is 5.41 Å². The number of hydrogen-bond acceptors (Lipinski definition) is 9. The molecule has 2 saturated heterocycles. The van der Waals surface area contributed by atoms with E-state index in [4.69, 9.17) is 9.72 Å². The van der Waals surface area contributed by atoms with Crippen molar-refractivity contribution in [1.29, 1.82) is 0 Å². The Balaban J connectivity index is 0.995. The smallest absolute Gasteiger partial charge is 0.276 e. The topological polar surface area (TPSA) is 102 Å². The fourth-order valence-corrected chi connectivity index (χ4v) is 8.23. The van der Waals surface area contributed by atoms with Crippen LogP contribution in [0.25, 0.3) is 5.57 Å². The zero-order chi connectivity index (χ0) is 33.2. The molecular formula is C37H46N8O3. The first-order valence-electron chi connectivity index (χ1n) is 17.2. The minimum Gasteiger partial charge on any atom is -0.392 e. The summed E-state index contributed by atoms with van der Waals surface area (Å²) < 4.78 is 7.61. The molecule has 252 valence electrons. The summed E-state index contributed by atoms with van der Waals surface area (Å²) >= 11 is 0. The lowest BCUT2D eigenvalue weighted by molar-refractivity contribution is -0.0691. The van der Waals surface area contributed by atoms with Gasteiger partial charge in [-0.25, -0.2) is 9.97 Å². The number of hydrogen-bond donors (Lipinski definition) is 2. The van der Waals surface area contributed by atoms with E-state index in [0.29, 0.717) is 36.6 Å². The van der Waals surface area contributed by atoms with Gasteiger partial charge in [0.2, 0.25) is 0 Å². The van der Waals surface area contributed by atoms with Crippen LogP contribution in [0.5, 0.6) is 0 Å². The van der Waals surface area contributed by atoms with Crippen molar-refractivity contribution in [3.8, 4) is 0 Å². The molecule has 2 N–H and O–H groups in total. The molecule has 48 heavy (non-hydrogen) atoms. The molecule has 1 aliphatic carbocycles. The second-order valence-electron chi connectivity index (χ2n) is 14.9. The van der Waals surface area contributed by atoms with Gasteiger partial charge in [0.1, 0.15) is 17.3 Å². The van der Waals surface area contributed by atoms with Gasteiger partial charge < -0.3 is 29.5 Å². The fourth-order valence-electron chi connectivity index (χ4n) is 8.23. The van der Waals surface area contributed by atoms with Gasteiger partial charge in [-0.3, -0.25) is 14.6 Å². The van der Waals surface area contributed by atoms with Crippen molar-refractivity contribution in [2.45, 2.75) is 58.8 Å². The Kier molecular flexibility index (Phi) is 7.81. The molecule has 8 rings (SSSR count). The molecule has 0 bridgehead atoms. The molecule has 0 radical (unpaired) electrons. The van der Waals surface area contributed by atoms with Crippen LogP contribution in [0.15, 0.2) is 54.6 Å². The largest absolute Gasteiger partial charge is 0.392 e. The SMILES string of the molecule is C[C@H]1CN(C2COC2)CCN1c1ccc(NC2=CC(c3ccnc(N4CCn5c(cc6c5CC(C)(C)C6)C4=O)c3CO)=CN(C)C2)nc1. The maximum atomic E-state index is 13.9. The molecule has 11 heteroatoms. The van der Waals surface area contributed by atoms with Crippen LogP contribution in [-0.4, -0.2) is 100 Å². The Morgan fingerprint density at radius 3 is 2.67 bits per heavy atom. The number of rotatable bonds is 7. The van der Waals surface area contributed by atoms with Gasteiger partial charge >= 0.3 is 0 Å². The van der Waals surface area contributed by atoms with Gasteiger partial charge in [0.05, 0.1) is 44.3 Å². The monoisotopic (exact) mass is 650 g/mol. The molecule has 0 spiro atoms. The lowest BCUT2D eigenvalue weighted by Gasteiger charge is -2.46. The molecule has 0 saturated carbocycles. The van der Waals surface area contributed by atoms with E-state index in [1.54, 1.807) is 11.1 Å². The summed E-state index contributed by atoms with van der Waals surface area (Å²) in [5, 5.41) is 14.2. The number of pyridine rings is 2. The molecule has 1 amide bonds. The van der Waals surface area contributed by atoms with Crippen molar-refractivity contribution < 1.29 is 14.6 Å². The molecule has 4 aliphatic heterocycles. The molecule has 3 aromatic heterocycles. The maximum Gasteiger partial charge on any atom is 0.276 e. The third-order valence-electron chi connectivity index (χ3n) is 10.7. The second kappa shape index (κ2) is 12.0. The first-order chi connectivity index (χ1) is 23.2. The summed E-state index contributed by atoms with van der Waals surface area (Å²) in [4.78, 5) is 32.2. The number of aromatic nitrogens is 3. The average Bonchev–Trinajstić information content (AvgIpc) is 3.52. The number of aliphatic hydroxyl groups excluding tert-OH is 1. The van der Waals surface area contributed by atoms with E-state index in [2.05, 4.69) is 74.7 Å². The quantitative estimate of drug-likeness (QED) is 0.396. The van der Waals surface area contributed by atoms with Crippen LogP contribution in [0.3, 0.4) is 0 Å². The van der Waals surface area contributed by atoms with E-state index in [1.165, 1.54) is 11.3 Å². The number of amides is 1. The highest BCUT2D eigenvalue weighted by molar-refractivity contribution is 6.06. The van der Waals surface area contributed by atoms with Crippen LogP contribution >= 0.6 is 0 Å². The Labute approximate surface area is 282 Å². The molecule has 2 fully saturated rings. The number of piperazine rings is 1. The molecule has 1 atom stereocenters. The van der Waals surface area contributed by atoms with Gasteiger partial charge in [0.15, 0.2) is 0 Å². The van der Waals surface area contributed by atoms with Crippen LogP contribution in [0, 0.1) is 5.41 Å². The number of likely N-dealkylation sites (N-methyl/N-ethyl adjacent to an activating group) is 1. The van der Waals surface area contributed by atoms with Gasteiger partial charge in [-0.05, 0) is 72.2 Å². The summed E-state index contributed by atoms with van der Waals surface area (Å²) in [6.45, 7) is 13.3. The summed E-state index contributed by atoms with van der Waals surface area (Å²) in [6.07, 6.45) is 9.86. The van der Waals surface area contributed by atoms with E-state index in [9.17, 15) is 9.90 Å². The van der Waals surface area contributed by atoms with Crippen molar-refractivity contribution in [2.75, 3.05) is 68.1 Å². The fraction of sp³-hybridized carbons (Fsp3) is 0.486. The van der Waals surface area contributed by atoms with Crippen LogP contribution in [-0.2, 0) is 30.7 Å². The second-order valence-corrected chi connectivity index (χ2v) is 14.9. The van der Waals surface area contributed by atoms with Crippen LogP contribution in [0.2, 0.25) is 0 Å². The Bertz CT molecular complexity index is 1790. The van der Waals surface area contributed by atoms with Crippen molar-refractivity contribution in [3.05, 3.63) is 82.7 Å². The van der Waals surface area contributed by atoms with E-state index in [0.717, 1.165) is 86.3 Å². The number of anilines is 3. The maximum absolute atomic E-state index is 13.9. The number of aliphatic hydroxyl groups is 1. The molecule has 5 aliphatic rings. The zero-order valence-electron chi connectivity index (χ0n) is 28.4. The molecule has 7 heterocycles. The lowest BCUT2D eigenvalue weighted by Crippen LogP contribution is -2.59. The molecular weight excluding hydrogens is 604 g/mol. The predicted molar refractivity (Wildman–Crippen MR) is 187 cm³/mol. The third-order valence-corrected chi connectivity index (χ3v) is 10.7. The minimum absolute atomic E-state index is 0.0563. The van der Waals surface area contributed by atoms with Gasteiger partial charge in [-0.1, -0.05) is 13.8 Å². The number of nitrogens with one attached hydrogen (secondary N) is 1. The van der Waals surface area contributed by atoms with Gasteiger partial charge in [0, 0.05) is 75.2 Å². The lowest BCUT2D eigenvalue weighted by atomic mass is 9.90. The predicted octanol–water partition coefficient (Wildman–Crippen LogP) is 3.75. The third kappa shape index (κ3) is 5.57. The highest BCUT2D eigenvalue weighted by Gasteiger charge is 2.38. The average molecular weight is 651 g/mol. The Hall–Kier alpha value is -4.19. The van der Waals surface area contributed by atoms with E-state index < -0.39 is 0 Å². The van der Waals surface area contributed by atoms with Gasteiger partial charge in [-0.2, -0.15) is 0 Å². The first-order valence-corrected chi connectivity index (χ1v) is 17.2. The highest BCUT2D eigenvalue weighted by Crippen LogP contribution is 2.40. The number of fused-ring (bicyclic) bond motifs is 3. The van der Waals surface area contributed by atoms with Crippen molar-refractivity contribution in [1.82, 2.24) is 24.3 Å². The number of carbonyl (C=O) groups excluding carboxylic acids is 1. The number of allylic oxidation sites excluding steroid dienone is 2. The van der Waals surface area contributed by atoms with E-state index in [-0.39, 0.29) is 17.9 Å². The number of nitrogens with zero attached hydrogens (tertiary/aromatic N) is 7. The van der Waals surface area contributed by atoms with Crippen molar-refractivity contribution in [3.63, 3.8) is 0 Å². The van der Waals surface area contributed by atoms with E-state index >= 15 is 0 Å². The molecule has 11 nitrogen and oxygen atoms in total. The summed E-state index contributed by atoms with van der Waals surface area (Å²) in [7, 11) is 2.03. The number of carbonyl (C=O) groups is 1. The van der Waals surface area contributed by atoms with E-state index in [1.807, 2.05) is 25.4 Å². The minimum atomic E-state index is -0.226. The summed E-state index contributed by atoms with van der Waals surface area (Å²) in [5.41, 5.74) is 8.11. The highest BCUT2D eigenvalue weighted by atomic mass is 16.5. The van der Waals surface area contributed by atoms with Crippen LogP contribution < -0.4 is 15.1 Å². The standard InChI is InChI=1S/C37H46N8O3/c1-24-18-42(29-22-48-23-29)9-10-43(24)28-5-6-34(39-17-28)40-27-13-26(19-41(4)20-27)30-7-8-38-35(31(30)21-46)45-12-11-44-32(36(45)47)14-25-15-37(2,3)16-33(25)44/h5-8,13-14,17,19,24,29,46H,9-12,15-16,18,20-23H2,1-4H3,(H,39,40)/t24-/m0/s1. The summed E-state index contributed by atoms with van der Waals surface area (Å²) in [6, 6.07) is 9.18. The van der Waals surface area contributed by atoms with Crippen LogP contribution in [0.4, 0.5) is 17.3 Å². The molecule has 3 aromatic rings. The first kappa shape index (κ1) is 31.1. The van der Waals surface area contributed by atoms with Gasteiger partial charge in [-0.15, -0.1) is 0 Å². The normalized spacial score (nSPS) is 22.6. The Morgan fingerprint density at radius 2 is 1.94 bits per heavy atom. The molecule has 0 aromatic carbocycles. The van der Waals surface area contributed by atoms with Gasteiger partial charge in [0.25, 0.3) is 5.91 Å². The Morgan fingerprint density at radius 1 is 1.08 bits per heavy atom. The van der Waals surface area contributed by atoms with Crippen molar-refractivity contribution >= 4 is 28.8 Å². The molecule has 0 unspecified atom stereocenters. The summed E-state index contributed by atoms with van der Waals surface area (Å²) in [5.74, 6) is 1.25.